The van der Waals surface area contributed by atoms with E-state index in [0.717, 1.165) is 12.1 Å². The van der Waals surface area contributed by atoms with Crippen LogP contribution in [0.5, 0.6) is 0 Å². The number of alkyl halides is 3. The molecule has 1 aromatic heterocycles. The second-order valence-electron chi connectivity index (χ2n) is 4.49. The molecule has 2 rings (SSSR count). The first kappa shape index (κ1) is 16.6. The van der Waals surface area contributed by atoms with Gasteiger partial charge < -0.3 is 14.5 Å². The number of ether oxygens (including phenoxy) is 1. The third kappa shape index (κ3) is 4.12. The van der Waals surface area contributed by atoms with Crippen LogP contribution in [0.2, 0.25) is 0 Å². The van der Waals surface area contributed by atoms with E-state index in [1.807, 2.05) is 0 Å². The summed E-state index contributed by atoms with van der Waals surface area (Å²) in [5, 5.41) is 2.27. The minimum Gasteiger partial charge on any atom is -0.450 e. The lowest BCUT2D eigenvalue weighted by atomic mass is 10.1. The van der Waals surface area contributed by atoms with Crippen molar-refractivity contribution in [2.45, 2.75) is 6.18 Å². The van der Waals surface area contributed by atoms with Crippen molar-refractivity contribution >= 4 is 11.9 Å². The van der Waals surface area contributed by atoms with Gasteiger partial charge in [-0.15, -0.1) is 0 Å². The minimum atomic E-state index is -4.47. The summed E-state index contributed by atoms with van der Waals surface area (Å²) in [7, 11) is 1.38. The average Bonchev–Trinajstić information content (AvgIpc) is 3.01. The summed E-state index contributed by atoms with van der Waals surface area (Å²) < 4.78 is 47.9. The molecule has 0 spiro atoms. The van der Waals surface area contributed by atoms with Crippen molar-refractivity contribution in [3.63, 3.8) is 0 Å². The van der Waals surface area contributed by atoms with Crippen LogP contribution in [0.4, 0.5) is 13.2 Å². The first-order valence-corrected chi connectivity index (χ1v) is 6.46. The van der Waals surface area contributed by atoms with E-state index in [9.17, 15) is 22.8 Å². The van der Waals surface area contributed by atoms with Crippen molar-refractivity contribution in [3.05, 3.63) is 47.7 Å². The number of benzene rings is 1. The van der Waals surface area contributed by atoms with Gasteiger partial charge >= 0.3 is 12.1 Å². The zero-order chi connectivity index (χ0) is 17.0. The monoisotopic (exact) mass is 327 g/mol. The first-order valence-electron chi connectivity index (χ1n) is 6.46. The maximum absolute atomic E-state index is 12.7. The molecule has 0 fully saturated rings. The number of hydrogen-bond donors (Lipinski definition) is 1. The lowest BCUT2D eigenvalue weighted by Gasteiger charge is -2.07. The molecule has 8 heteroatoms. The Kier molecular flexibility index (Phi) is 4.73. The van der Waals surface area contributed by atoms with E-state index in [-0.39, 0.29) is 17.1 Å². The summed E-state index contributed by atoms with van der Waals surface area (Å²) in [5.74, 6) is -1.50. The maximum atomic E-state index is 12.7. The normalized spacial score (nSPS) is 11.1. The fraction of sp³-hybridized carbons (Fsp3) is 0.200. The lowest BCUT2D eigenvalue weighted by Crippen LogP contribution is -2.24. The van der Waals surface area contributed by atoms with E-state index in [1.54, 1.807) is 0 Å². The van der Waals surface area contributed by atoms with Crippen LogP contribution >= 0.6 is 0 Å². The average molecular weight is 327 g/mol. The highest BCUT2D eigenvalue weighted by atomic mass is 19.4. The fourth-order valence-corrected chi connectivity index (χ4v) is 1.73. The molecule has 2 aromatic rings. The van der Waals surface area contributed by atoms with Gasteiger partial charge in [0.2, 0.25) is 5.76 Å². The topological polar surface area (TPSA) is 68.5 Å². The van der Waals surface area contributed by atoms with Crippen molar-refractivity contribution < 1.29 is 31.9 Å². The second-order valence-corrected chi connectivity index (χ2v) is 4.49. The first-order chi connectivity index (χ1) is 10.8. The molecule has 1 amide bonds. The summed E-state index contributed by atoms with van der Waals surface area (Å²) >= 11 is 0. The van der Waals surface area contributed by atoms with Gasteiger partial charge in [0.15, 0.2) is 6.61 Å². The molecule has 0 unspecified atom stereocenters. The number of nitrogens with one attached hydrogen (secondary N) is 1. The second kappa shape index (κ2) is 6.55. The number of likely N-dealkylation sites (N-methyl/N-ethyl adjacent to an activating group) is 1. The summed E-state index contributed by atoms with van der Waals surface area (Å²) in [6, 6.07) is 7.13. The van der Waals surface area contributed by atoms with Crippen molar-refractivity contribution in [1.82, 2.24) is 5.32 Å². The third-order valence-corrected chi connectivity index (χ3v) is 2.89. The van der Waals surface area contributed by atoms with Crippen molar-refractivity contribution in [3.8, 4) is 11.3 Å². The smallest absolute Gasteiger partial charge is 0.416 e. The Balaban J connectivity index is 2.16. The highest BCUT2D eigenvalue weighted by molar-refractivity contribution is 5.89. The number of halogens is 3. The molecule has 0 bridgehead atoms. The standard InChI is InChI=1S/C15H12F3NO4/c1-19-13(20)8-22-14(21)12-6-5-11(23-12)9-3-2-4-10(7-9)15(16,17)18/h2-7H,8H2,1H3,(H,19,20). The Morgan fingerprint density at radius 3 is 2.61 bits per heavy atom. The highest BCUT2D eigenvalue weighted by Gasteiger charge is 2.30. The summed E-state index contributed by atoms with van der Waals surface area (Å²) in [6.07, 6.45) is -4.47. The molecule has 0 aliphatic rings. The van der Waals surface area contributed by atoms with Crippen LogP contribution in [-0.2, 0) is 15.7 Å². The molecule has 5 nitrogen and oxygen atoms in total. The molecule has 0 radical (unpaired) electrons. The molecule has 0 atom stereocenters. The molecule has 1 N–H and O–H groups in total. The van der Waals surface area contributed by atoms with Crippen LogP contribution in [0, 0.1) is 0 Å². The van der Waals surface area contributed by atoms with Gasteiger partial charge in [0.1, 0.15) is 5.76 Å². The fourth-order valence-electron chi connectivity index (χ4n) is 1.73. The molecule has 0 aliphatic carbocycles. The van der Waals surface area contributed by atoms with Gasteiger partial charge in [0.05, 0.1) is 5.56 Å². The largest absolute Gasteiger partial charge is 0.450 e. The van der Waals surface area contributed by atoms with Crippen LogP contribution < -0.4 is 5.32 Å². The molecule has 0 aliphatic heterocycles. The Morgan fingerprint density at radius 2 is 1.96 bits per heavy atom. The van der Waals surface area contributed by atoms with Crippen LogP contribution in [-0.4, -0.2) is 25.5 Å². The zero-order valence-electron chi connectivity index (χ0n) is 11.9. The molecule has 122 valence electrons. The number of hydrogen-bond acceptors (Lipinski definition) is 4. The van der Waals surface area contributed by atoms with Gasteiger partial charge in [-0.3, -0.25) is 4.79 Å². The van der Waals surface area contributed by atoms with Crippen molar-refractivity contribution in [2.24, 2.45) is 0 Å². The van der Waals surface area contributed by atoms with E-state index < -0.39 is 30.2 Å². The van der Waals surface area contributed by atoms with E-state index in [4.69, 9.17) is 4.42 Å². The van der Waals surface area contributed by atoms with E-state index in [0.29, 0.717) is 0 Å². The molecule has 23 heavy (non-hydrogen) atoms. The predicted octanol–water partition coefficient (Wildman–Crippen LogP) is 2.87. The number of furan rings is 1. The number of carbonyl (C=O) groups is 2. The molecule has 0 saturated heterocycles. The van der Waals surface area contributed by atoms with Gasteiger partial charge in [-0.1, -0.05) is 12.1 Å². The Hall–Kier alpha value is -2.77. The Bertz CT molecular complexity index is 722. The maximum Gasteiger partial charge on any atom is 0.416 e. The van der Waals surface area contributed by atoms with E-state index >= 15 is 0 Å². The van der Waals surface area contributed by atoms with Gasteiger partial charge in [-0.25, -0.2) is 4.79 Å². The van der Waals surface area contributed by atoms with E-state index in [2.05, 4.69) is 10.1 Å². The quantitative estimate of drug-likeness (QED) is 0.877. The van der Waals surface area contributed by atoms with Crippen LogP contribution in [0.1, 0.15) is 16.1 Å². The SMILES string of the molecule is CNC(=O)COC(=O)c1ccc(-c2cccc(C(F)(F)F)c2)o1. The van der Waals surface area contributed by atoms with Crippen LogP contribution in [0.15, 0.2) is 40.8 Å². The van der Waals surface area contributed by atoms with Crippen LogP contribution in [0.3, 0.4) is 0 Å². The molecular weight excluding hydrogens is 315 g/mol. The van der Waals surface area contributed by atoms with Gasteiger partial charge in [0.25, 0.3) is 5.91 Å². The number of esters is 1. The van der Waals surface area contributed by atoms with Crippen LogP contribution in [0.25, 0.3) is 11.3 Å². The molecule has 1 aromatic carbocycles. The van der Waals surface area contributed by atoms with E-state index in [1.165, 1.54) is 31.3 Å². The minimum absolute atomic E-state index is 0.0861. The number of rotatable bonds is 4. The summed E-state index contributed by atoms with van der Waals surface area (Å²) in [6.45, 7) is -0.477. The van der Waals surface area contributed by atoms with Gasteiger partial charge in [-0.2, -0.15) is 13.2 Å². The Labute approximate surface area is 129 Å². The molecular formula is C15H12F3NO4. The lowest BCUT2D eigenvalue weighted by molar-refractivity contribution is -0.137. The Morgan fingerprint density at radius 1 is 1.22 bits per heavy atom. The highest BCUT2D eigenvalue weighted by Crippen LogP contribution is 2.32. The number of amides is 1. The van der Waals surface area contributed by atoms with Crippen molar-refractivity contribution in [2.75, 3.05) is 13.7 Å². The predicted molar refractivity (Wildman–Crippen MR) is 73.5 cm³/mol. The number of carbonyl (C=O) groups excluding carboxylic acids is 2. The van der Waals surface area contributed by atoms with Gasteiger partial charge in [0, 0.05) is 12.6 Å². The molecule has 1 heterocycles. The zero-order valence-corrected chi connectivity index (χ0v) is 11.9. The summed E-state index contributed by atoms with van der Waals surface area (Å²) in [4.78, 5) is 22.6. The third-order valence-electron chi connectivity index (χ3n) is 2.89. The summed E-state index contributed by atoms with van der Waals surface area (Å²) in [5.41, 5.74) is -0.652. The molecule has 0 saturated carbocycles. The van der Waals surface area contributed by atoms with Gasteiger partial charge in [-0.05, 0) is 24.3 Å². The van der Waals surface area contributed by atoms with Crippen molar-refractivity contribution in [1.29, 1.82) is 0 Å².